The molecule has 0 aliphatic carbocycles. The number of ether oxygens (including phenoxy) is 1. The van der Waals surface area contributed by atoms with Crippen LogP contribution in [0.1, 0.15) is 23.4 Å². The number of guanidine groups is 1. The smallest absolute Gasteiger partial charge is 0.241 e. The molecule has 0 spiro atoms. The minimum atomic E-state index is -0.00830. The molecule has 1 aromatic heterocycles. The Morgan fingerprint density at radius 1 is 1.36 bits per heavy atom. The second-order valence-corrected chi connectivity index (χ2v) is 6.22. The van der Waals surface area contributed by atoms with Gasteiger partial charge in [-0.05, 0) is 20.3 Å². The number of likely N-dealkylation sites (N-methyl/N-ethyl adjacent to an activating group) is 1. The quantitative estimate of drug-likeness (QED) is 0.371. The molecule has 2 heterocycles. The van der Waals surface area contributed by atoms with E-state index in [9.17, 15) is 4.79 Å². The van der Waals surface area contributed by atoms with Gasteiger partial charge in [-0.25, -0.2) is 4.99 Å². The summed E-state index contributed by atoms with van der Waals surface area (Å²) >= 11 is 0. The van der Waals surface area contributed by atoms with Crippen molar-refractivity contribution in [1.29, 1.82) is 0 Å². The number of aliphatic imine (C=N–C) groups is 1. The van der Waals surface area contributed by atoms with Gasteiger partial charge >= 0.3 is 0 Å². The molecule has 0 aromatic carbocycles. The maximum atomic E-state index is 11.8. The number of hydrogen-bond donors (Lipinski definition) is 2. The normalized spacial score (nSPS) is 17.1. The standard InChI is InChI=1S/C16H27N5O3.HI/c1-11-14(12(2)24-20-11)8-18-16(19-9-15(22)21(3)4)17-7-13-5-6-23-10-13;/h13H,5-10H2,1-4H3,(H2,17,18,19);1H. The van der Waals surface area contributed by atoms with Gasteiger partial charge in [-0.15, -0.1) is 24.0 Å². The van der Waals surface area contributed by atoms with Crippen LogP contribution in [0.4, 0.5) is 0 Å². The first-order valence-electron chi connectivity index (χ1n) is 8.19. The number of nitrogens with zero attached hydrogens (tertiary/aromatic N) is 3. The molecule has 1 aliphatic rings. The van der Waals surface area contributed by atoms with Gasteiger partial charge in [0.25, 0.3) is 0 Å². The van der Waals surface area contributed by atoms with Gasteiger partial charge < -0.3 is 24.8 Å². The molecule has 0 bridgehead atoms. The van der Waals surface area contributed by atoms with Crippen LogP contribution >= 0.6 is 24.0 Å². The average molecular weight is 465 g/mol. The topological polar surface area (TPSA) is 92.0 Å². The molecular formula is C16H28IN5O3. The van der Waals surface area contributed by atoms with Crippen LogP contribution in [0.25, 0.3) is 0 Å². The fourth-order valence-electron chi connectivity index (χ4n) is 2.36. The minimum absolute atomic E-state index is 0. The number of rotatable bonds is 6. The summed E-state index contributed by atoms with van der Waals surface area (Å²) in [5.41, 5.74) is 1.81. The molecule has 1 amide bonds. The zero-order valence-corrected chi connectivity index (χ0v) is 17.6. The van der Waals surface area contributed by atoms with Gasteiger partial charge in [0, 0.05) is 38.7 Å². The lowest BCUT2D eigenvalue weighted by molar-refractivity contribution is -0.127. The third-order valence-corrected chi connectivity index (χ3v) is 4.06. The fraction of sp³-hybridized carbons (Fsp3) is 0.688. The van der Waals surface area contributed by atoms with Gasteiger partial charge in [0.2, 0.25) is 5.91 Å². The van der Waals surface area contributed by atoms with E-state index in [2.05, 4.69) is 20.8 Å². The third-order valence-electron chi connectivity index (χ3n) is 4.06. The number of aromatic nitrogens is 1. The Morgan fingerprint density at radius 2 is 2.12 bits per heavy atom. The predicted molar refractivity (Wildman–Crippen MR) is 106 cm³/mol. The van der Waals surface area contributed by atoms with Gasteiger partial charge in [-0.1, -0.05) is 5.16 Å². The van der Waals surface area contributed by atoms with Crippen LogP contribution in [0.5, 0.6) is 0 Å². The Balaban J connectivity index is 0.00000312. The first-order chi connectivity index (χ1) is 11.5. The zero-order valence-electron chi connectivity index (χ0n) is 15.3. The summed E-state index contributed by atoms with van der Waals surface area (Å²) in [7, 11) is 3.46. The molecule has 1 atom stereocenters. The van der Waals surface area contributed by atoms with E-state index in [0.29, 0.717) is 18.4 Å². The van der Waals surface area contributed by atoms with Crippen molar-refractivity contribution in [2.24, 2.45) is 10.9 Å². The lowest BCUT2D eigenvalue weighted by Crippen LogP contribution is -2.44. The van der Waals surface area contributed by atoms with Crippen LogP contribution in [-0.4, -0.2) is 62.3 Å². The Labute approximate surface area is 165 Å². The molecule has 1 unspecified atom stereocenters. The summed E-state index contributed by atoms with van der Waals surface area (Å²) in [6, 6.07) is 0. The number of carbonyl (C=O) groups excluding carboxylic acids is 1. The molecule has 1 aliphatic heterocycles. The molecule has 8 nitrogen and oxygen atoms in total. The van der Waals surface area contributed by atoms with Crippen molar-refractivity contribution in [3.8, 4) is 0 Å². The van der Waals surface area contributed by atoms with E-state index >= 15 is 0 Å². The Kier molecular flexibility index (Phi) is 9.19. The predicted octanol–water partition coefficient (Wildman–Crippen LogP) is 1.07. The molecule has 1 fully saturated rings. The summed E-state index contributed by atoms with van der Waals surface area (Å²) in [5.74, 6) is 1.84. The summed E-state index contributed by atoms with van der Waals surface area (Å²) in [6.07, 6.45) is 1.04. The minimum Gasteiger partial charge on any atom is -0.381 e. The maximum Gasteiger partial charge on any atom is 0.241 e. The van der Waals surface area contributed by atoms with Crippen LogP contribution < -0.4 is 10.6 Å². The van der Waals surface area contributed by atoms with Gasteiger partial charge in [-0.3, -0.25) is 4.79 Å². The van der Waals surface area contributed by atoms with E-state index < -0.39 is 0 Å². The molecule has 2 rings (SSSR count). The zero-order chi connectivity index (χ0) is 17.5. The van der Waals surface area contributed by atoms with Gasteiger partial charge in [0.1, 0.15) is 5.76 Å². The van der Waals surface area contributed by atoms with Crippen molar-refractivity contribution in [3.05, 3.63) is 17.0 Å². The molecule has 0 saturated carbocycles. The van der Waals surface area contributed by atoms with E-state index in [1.54, 1.807) is 19.0 Å². The first-order valence-corrected chi connectivity index (χ1v) is 8.19. The second kappa shape index (κ2) is 10.6. The SMILES string of the molecule is Cc1noc(C)c1CN=C(NCC(=O)N(C)C)NCC1CCOC1.I. The highest BCUT2D eigenvalue weighted by Gasteiger charge is 2.16. The molecule has 142 valence electrons. The number of halogens is 1. The highest BCUT2D eigenvalue weighted by Crippen LogP contribution is 2.13. The number of nitrogens with one attached hydrogen (secondary N) is 2. The fourth-order valence-corrected chi connectivity index (χ4v) is 2.36. The number of hydrogen-bond acceptors (Lipinski definition) is 5. The Bertz CT molecular complexity index is 563. The van der Waals surface area contributed by atoms with Gasteiger partial charge in [0.05, 0.1) is 25.4 Å². The van der Waals surface area contributed by atoms with Gasteiger partial charge in [-0.2, -0.15) is 0 Å². The van der Waals surface area contributed by atoms with Crippen LogP contribution in [0.2, 0.25) is 0 Å². The van der Waals surface area contributed by atoms with Crippen molar-refractivity contribution >= 4 is 35.8 Å². The van der Waals surface area contributed by atoms with Crippen LogP contribution in [0.3, 0.4) is 0 Å². The number of aryl methyl sites for hydroxylation is 2. The molecule has 25 heavy (non-hydrogen) atoms. The maximum absolute atomic E-state index is 11.8. The van der Waals surface area contributed by atoms with Crippen molar-refractivity contribution < 1.29 is 14.1 Å². The summed E-state index contributed by atoms with van der Waals surface area (Å²) in [6.45, 7) is 6.76. The Morgan fingerprint density at radius 3 is 2.68 bits per heavy atom. The second-order valence-electron chi connectivity index (χ2n) is 6.22. The molecule has 1 aromatic rings. The molecule has 1 saturated heterocycles. The van der Waals surface area contributed by atoms with Crippen LogP contribution in [-0.2, 0) is 16.1 Å². The lowest BCUT2D eigenvalue weighted by atomic mass is 10.1. The number of carbonyl (C=O) groups is 1. The lowest BCUT2D eigenvalue weighted by Gasteiger charge is -2.16. The van der Waals surface area contributed by atoms with Crippen LogP contribution in [0.15, 0.2) is 9.52 Å². The van der Waals surface area contributed by atoms with Crippen molar-refractivity contribution in [2.45, 2.75) is 26.8 Å². The van der Waals surface area contributed by atoms with Crippen LogP contribution in [0, 0.1) is 19.8 Å². The summed E-state index contributed by atoms with van der Waals surface area (Å²) in [4.78, 5) is 17.9. The van der Waals surface area contributed by atoms with Crippen molar-refractivity contribution in [2.75, 3.05) is 40.4 Å². The molecule has 9 heteroatoms. The first kappa shape index (κ1) is 21.7. The third kappa shape index (κ3) is 6.81. The average Bonchev–Trinajstić information content (AvgIpc) is 3.17. The van der Waals surface area contributed by atoms with E-state index in [0.717, 1.165) is 43.2 Å². The van der Waals surface area contributed by atoms with Crippen molar-refractivity contribution in [3.63, 3.8) is 0 Å². The molecule has 2 N–H and O–H groups in total. The van der Waals surface area contributed by atoms with Gasteiger partial charge in [0.15, 0.2) is 5.96 Å². The van der Waals surface area contributed by atoms with E-state index in [-0.39, 0.29) is 36.4 Å². The largest absolute Gasteiger partial charge is 0.381 e. The molecular weight excluding hydrogens is 437 g/mol. The highest BCUT2D eigenvalue weighted by molar-refractivity contribution is 14.0. The highest BCUT2D eigenvalue weighted by atomic mass is 127. The van der Waals surface area contributed by atoms with E-state index in [4.69, 9.17) is 9.26 Å². The summed E-state index contributed by atoms with van der Waals surface area (Å²) in [5, 5.41) is 10.3. The van der Waals surface area contributed by atoms with Crippen molar-refractivity contribution in [1.82, 2.24) is 20.7 Å². The van der Waals surface area contributed by atoms with E-state index in [1.807, 2.05) is 13.8 Å². The Hall–Kier alpha value is -1.36. The molecule has 0 radical (unpaired) electrons. The number of amides is 1. The summed E-state index contributed by atoms with van der Waals surface area (Å²) < 4.78 is 10.5. The monoisotopic (exact) mass is 465 g/mol. The van der Waals surface area contributed by atoms with E-state index in [1.165, 1.54) is 0 Å².